The highest BCUT2D eigenvalue weighted by molar-refractivity contribution is 6.31. The van der Waals surface area contributed by atoms with Gasteiger partial charge in [0.2, 0.25) is 5.91 Å². The van der Waals surface area contributed by atoms with Crippen molar-refractivity contribution in [2.75, 3.05) is 16.8 Å². The number of aryl methyl sites for hydroxylation is 1. The fourth-order valence-electron chi connectivity index (χ4n) is 3.27. The van der Waals surface area contributed by atoms with Gasteiger partial charge in [0, 0.05) is 10.7 Å². The molecule has 0 aromatic heterocycles. The van der Waals surface area contributed by atoms with Crippen LogP contribution >= 0.6 is 11.6 Å². The van der Waals surface area contributed by atoms with Crippen molar-refractivity contribution in [2.45, 2.75) is 19.0 Å². The summed E-state index contributed by atoms with van der Waals surface area (Å²) in [7, 11) is 0. The van der Waals surface area contributed by atoms with E-state index in [4.69, 9.17) is 11.6 Å². The molecule has 142 valence electrons. The van der Waals surface area contributed by atoms with Crippen LogP contribution in [0.15, 0.2) is 58.9 Å². The minimum absolute atomic E-state index is 0.193. The molecule has 0 unspecified atom stereocenters. The topological polar surface area (TPSA) is 94.4 Å². The first-order valence-electron chi connectivity index (χ1n) is 8.62. The Morgan fingerprint density at radius 3 is 2.68 bits per heavy atom. The van der Waals surface area contributed by atoms with Crippen LogP contribution in [-0.4, -0.2) is 41.4 Å². The van der Waals surface area contributed by atoms with Gasteiger partial charge < -0.3 is 5.32 Å². The van der Waals surface area contributed by atoms with E-state index in [0.717, 1.165) is 10.5 Å². The highest BCUT2D eigenvalue weighted by atomic mass is 35.5. The van der Waals surface area contributed by atoms with Crippen LogP contribution in [0, 0.1) is 6.92 Å². The number of carbonyl (C=O) groups is 3. The summed E-state index contributed by atoms with van der Waals surface area (Å²) in [4.78, 5) is 39.0. The Morgan fingerprint density at radius 2 is 1.93 bits per heavy atom. The number of rotatable bonds is 4. The number of nitrogens with zero attached hydrogens (tertiary/aromatic N) is 4. The van der Waals surface area contributed by atoms with E-state index in [0.29, 0.717) is 16.4 Å². The van der Waals surface area contributed by atoms with Gasteiger partial charge in [-0.25, -0.2) is 4.90 Å². The second kappa shape index (κ2) is 7.05. The number of hydrogen-bond acceptors (Lipinski definition) is 6. The number of fused-ring (bicyclic) bond motifs is 1. The van der Waals surface area contributed by atoms with Crippen molar-refractivity contribution < 1.29 is 14.4 Å². The quantitative estimate of drug-likeness (QED) is 0.802. The van der Waals surface area contributed by atoms with Crippen molar-refractivity contribution in [3.8, 4) is 0 Å². The van der Waals surface area contributed by atoms with E-state index in [1.165, 1.54) is 11.1 Å². The first-order valence-corrected chi connectivity index (χ1v) is 9.00. The largest absolute Gasteiger partial charge is 0.324 e. The fraction of sp³-hybridized carbons (Fsp3) is 0.211. The zero-order valence-corrected chi connectivity index (χ0v) is 15.6. The lowest BCUT2D eigenvalue weighted by Crippen LogP contribution is -2.43. The maximum atomic E-state index is 12.9. The van der Waals surface area contributed by atoms with Gasteiger partial charge in [0.15, 0.2) is 12.1 Å². The van der Waals surface area contributed by atoms with Gasteiger partial charge in [0.05, 0.1) is 5.69 Å². The minimum Gasteiger partial charge on any atom is -0.324 e. The molecular formula is C19H16ClN5O3. The smallest absolute Gasteiger partial charge is 0.263 e. The van der Waals surface area contributed by atoms with Crippen molar-refractivity contribution in [3.63, 3.8) is 0 Å². The number of nitrogens with one attached hydrogen (secondary N) is 1. The zero-order valence-electron chi connectivity index (χ0n) is 14.9. The number of carbonyl (C=O) groups excluding carboxylic acids is 3. The molecule has 2 heterocycles. The molecule has 2 aromatic carbocycles. The summed E-state index contributed by atoms with van der Waals surface area (Å²) in [6.45, 7) is 1.69. The number of imide groups is 1. The molecule has 4 rings (SSSR count). The Hall–Kier alpha value is -3.26. The molecule has 1 fully saturated rings. The monoisotopic (exact) mass is 397 g/mol. The van der Waals surface area contributed by atoms with Gasteiger partial charge >= 0.3 is 0 Å². The van der Waals surface area contributed by atoms with Crippen molar-refractivity contribution in [1.82, 2.24) is 5.01 Å². The van der Waals surface area contributed by atoms with Gasteiger partial charge in [-0.15, -0.1) is 0 Å². The summed E-state index contributed by atoms with van der Waals surface area (Å²) in [6, 6.07) is 11.9. The molecule has 8 nitrogen and oxygen atoms in total. The summed E-state index contributed by atoms with van der Waals surface area (Å²) in [5.74, 6) is -1.32. The maximum Gasteiger partial charge on any atom is 0.263 e. The molecule has 3 amide bonds. The number of anilines is 2. The SMILES string of the molecule is Cc1ccccc1NC(=O)CN1N=N[C@@H]2C(=O)N(c3cccc(Cl)c3)C(=O)[C@@H]21. The molecule has 28 heavy (non-hydrogen) atoms. The second-order valence-electron chi connectivity index (χ2n) is 6.55. The minimum atomic E-state index is -0.960. The Bertz CT molecular complexity index is 1010. The molecule has 1 saturated heterocycles. The van der Waals surface area contributed by atoms with Crippen molar-refractivity contribution in [1.29, 1.82) is 0 Å². The number of hydrogen-bond donors (Lipinski definition) is 1. The van der Waals surface area contributed by atoms with E-state index in [1.54, 1.807) is 24.3 Å². The summed E-state index contributed by atoms with van der Waals surface area (Å²) < 4.78 is 0. The summed E-state index contributed by atoms with van der Waals surface area (Å²) in [6.07, 6.45) is 0. The average molecular weight is 398 g/mol. The third kappa shape index (κ3) is 3.11. The van der Waals surface area contributed by atoms with Gasteiger partial charge in [-0.05, 0) is 36.8 Å². The Morgan fingerprint density at radius 1 is 1.14 bits per heavy atom. The average Bonchev–Trinajstić information content (AvgIpc) is 3.17. The van der Waals surface area contributed by atoms with E-state index in [-0.39, 0.29) is 12.5 Å². The molecular weight excluding hydrogens is 382 g/mol. The Labute approximate surface area is 165 Å². The third-order valence-corrected chi connectivity index (χ3v) is 4.88. The lowest BCUT2D eigenvalue weighted by Gasteiger charge is -2.20. The number of halogens is 1. The van der Waals surface area contributed by atoms with Crippen LogP contribution in [-0.2, 0) is 14.4 Å². The number of benzene rings is 2. The number of amides is 3. The Balaban J connectivity index is 1.50. The maximum absolute atomic E-state index is 12.9. The number of para-hydroxylation sites is 1. The lowest BCUT2D eigenvalue weighted by molar-refractivity contribution is -0.123. The molecule has 0 spiro atoms. The molecule has 1 N–H and O–H groups in total. The first kappa shape index (κ1) is 18.1. The predicted octanol–water partition coefficient (Wildman–Crippen LogP) is 2.58. The van der Waals surface area contributed by atoms with Gasteiger partial charge in [0.1, 0.15) is 6.54 Å². The van der Waals surface area contributed by atoms with Gasteiger partial charge in [0.25, 0.3) is 11.8 Å². The lowest BCUT2D eigenvalue weighted by atomic mass is 10.1. The fourth-order valence-corrected chi connectivity index (χ4v) is 3.46. The molecule has 2 aliphatic heterocycles. The van der Waals surface area contributed by atoms with E-state index in [9.17, 15) is 14.4 Å². The van der Waals surface area contributed by atoms with E-state index in [2.05, 4.69) is 15.7 Å². The van der Waals surface area contributed by atoms with Crippen LogP contribution in [0.3, 0.4) is 0 Å². The van der Waals surface area contributed by atoms with Crippen LogP contribution in [0.5, 0.6) is 0 Å². The molecule has 0 bridgehead atoms. The standard InChI is InChI=1S/C19H16ClN5O3/c1-11-5-2-3-8-14(11)21-15(26)10-24-17-16(22-23-24)18(27)25(19(17)28)13-7-4-6-12(20)9-13/h2-9,16-17H,10H2,1H3,(H,21,26)/t16-,17+/m0/s1. The van der Waals surface area contributed by atoms with E-state index in [1.807, 2.05) is 25.1 Å². The Kier molecular flexibility index (Phi) is 4.56. The van der Waals surface area contributed by atoms with Crippen LogP contribution in [0.2, 0.25) is 5.02 Å². The van der Waals surface area contributed by atoms with Gasteiger partial charge in [-0.1, -0.05) is 41.1 Å². The predicted molar refractivity (Wildman–Crippen MR) is 103 cm³/mol. The normalized spacial score (nSPS) is 20.6. The molecule has 0 radical (unpaired) electrons. The second-order valence-corrected chi connectivity index (χ2v) is 6.98. The van der Waals surface area contributed by atoms with E-state index < -0.39 is 23.9 Å². The molecule has 0 saturated carbocycles. The van der Waals surface area contributed by atoms with Crippen molar-refractivity contribution >= 4 is 40.7 Å². The third-order valence-electron chi connectivity index (χ3n) is 4.65. The van der Waals surface area contributed by atoms with Gasteiger partial charge in [-0.3, -0.25) is 19.4 Å². The molecule has 2 atom stereocenters. The molecule has 0 aliphatic carbocycles. The zero-order chi connectivity index (χ0) is 19.8. The van der Waals surface area contributed by atoms with E-state index >= 15 is 0 Å². The molecule has 2 aromatic rings. The van der Waals surface area contributed by atoms with Crippen LogP contribution < -0.4 is 10.2 Å². The van der Waals surface area contributed by atoms with Gasteiger partial charge in [-0.2, -0.15) is 5.11 Å². The summed E-state index contributed by atoms with van der Waals surface area (Å²) in [5, 5.41) is 12.2. The highest BCUT2D eigenvalue weighted by Gasteiger charge is 2.55. The van der Waals surface area contributed by atoms with Crippen LogP contribution in [0.4, 0.5) is 11.4 Å². The summed E-state index contributed by atoms with van der Waals surface area (Å²) >= 11 is 5.97. The molecule has 9 heteroatoms. The first-order chi connectivity index (χ1) is 13.5. The summed E-state index contributed by atoms with van der Waals surface area (Å²) in [5.41, 5.74) is 1.96. The molecule has 2 aliphatic rings. The van der Waals surface area contributed by atoms with Crippen LogP contribution in [0.1, 0.15) is 5.56 Å². The van der Waals surface area contributed by atoms with Crippen molar-refractivity contribution in [2.24, 2.45) is 10.3 Å². The van der Waals surface area contributed by atoms with Crippen molar-refractivity contribution in [3.05, 3.63) is 59.1 Å². The highest BCUT2D eigenvalue weighted by Crippen LogP contribution is 2.32. The van der Waals surface area contributed by atoms with Crippen LogP contribution in [0.25, 0.3) is 0 Å².